The molecule has 0 saturated carbocycles. The van der Waals surface area contributed by atoms with E-state index in [0.29, 0.717) is 6.54 Å². The second kappa shape index (κ2) is 4.96. The van der Waals surface area contributed by atoms with Crippen molar-refractivity contribution in [1.82, 2.24) is 0 Å². The molecule has 1 atom stereocenters. The molecule has 1 aliphatic heterocycles. The maximum absolute atomic E-state index is 10.2. The Morgan fingerprint density at radius 1 is 1.41 bits per heavy atom. The van der Waals surface area contributed by atoms with Crippen LogP contribution in [0, 0.1) is 0 Å². The van der Waals surface area contributed by atoms with Crippen molar-refractivity contribution in [2.75, 3.05) is 29.9 Å². The highest BCUT2D eigenvalue weighted by Gasteiger charge is 2.24. The second-order valence-corrected chi connectivity index (χ2v) is 5.07. The molecule has 1 unspecified atom stereocenters. The van der Waals surface area contributed by atoms with Gasteiger partial charge in [-0.1, -0.05) is 19.1 Å². The highest BCUT2D eigenvalue weighted by molar-refractivity contribution is 5.70. The van der Waals surface area contributed by atoms with Crippen LogP contribution in [0.2, 0.25) is 0 Å². The van der Waals surface area contributed by atoms with Crippen molar-refractivity contribution in [1.29, 1.82) is 0 Å². The molecule has 94 valence electrons. The number of fused-ring (bicyclic) bond motifs is 1. The summed E-state index contributed by atoms with van der Waals surface area (Å²) in [6.07, 6.45) is 1.88. The van der Waals surface area contributed by atoms with E-state index in [4.69, 9.17) is 0 Å². The Morgan fingerprint density at radius 3 is 2.94 bits per heavy atom. The fraction of sp³-hybridized carbons (Fsp3) is 0.571. The SMILES string of the molecule is CCC(C)(O)CN1CCCNc2ccccc21. The molecule has 3 heteroatoms. The fourth-order valence-corrected chi connectivity index (χ4v) is 2.20. The molecule has 0 aromatic heterocycles. The average molecular weight is 234 g/mol. The number of nitrogens with one attached hydrogen (secondary N) is 1. The first-order valence-corrected chi connectivity index (χ1v) is 6.42. The minimum Gasteiger partial charge on any atom is -0.388 e. The maximum atomic E-state index is 10.2. The van der Waals surface area contributed by atoms with Gasteiger partial charge in [-0.25, -0.2) is 0 Å². The Balaban J connectivity index is 2.23. The van der Waals surface area contributed by atoms with Crippen LogP contribution in [0.3, 0.4) is 0 Å². The zero-order valence-electron chi connectivity index (χ0n) is 10.7. The number of hydrogen-bond donors (Lipinski definition) is 2. The number of anilines is 2. The molecule has 1 heterocycles. The third-order valence-electron chi connectivity index (χ3n) is 3.46. The Morgan fingerprint density at radius 2 is 2.18 bits per heavy atom. The fourth-order valence-electron chi connectivity index (χ4n) is 2.20. The summed E-state index contributed by atoms with van der Waals surface area (Å²) in [6.45, 7) is 6.64. The van der Waals surface area contributed by atoms with Gasteiger partial charge in [0.05, 0.1) is 17.0 Å². The summed E-state index contributed by atoms with van der Waals surface area (Å²) in [5, 5.41) is 13.7. The van der Waals surface area contributed by atoms with Crippen molar-refractivity contribution in [3.05, 3.63) is 24.3 Å². The number of β-amino-alcohol motifs (C(OH)–C–C–N with tert-alkyl or cyclic N) is 1. The highest BCUT2D eigenvalue weighted by atomic mass is 16.3. The molecule has 0 aliphatic carbocycles. The van der Waals surface area contributed by atoms with E-state index in [1.165, 1.54) is 11.4 Å². The Bertz CT molecular complexity index is 376. The van der Waals surface area contributed by atoms with Crippen molar-refractivity contribution in [3.63, 3.8) is 0 Å². The number of nitrogens with zero attached hydrogens (tertiary/aromatic N) is 1. The summed E-state index contributed by atoms with van der Waals surface area (Å²) in [4.78, 5) is 2.29. The highest BCUT2D eigenvalue weighted by Crippen LogP contribution is 2.29. The Labute approximate surface area is 103 Å². The first-order valence-electron chi connectivity index (χ1n) is 6.42. The lowest BCUT2D eigenvalue weighted by Gasteiger charge is -2.32. The summed E-state index contributed by atoms with van der Waals surface area (Å²) in [7, 11) is 0. The molecule has 2 rings (SSSR count). The lowest BCUT2D eigenvalue weighted by Crippen LogP contribution is -2.40. The zero-order chi connectivity index (χ0) is 12.3. The third kappa shape index (κ3) is 2.91. The van der Waals surface area contributed by atoms with E-state index in [2.05, 4.69) is 28.4 Å². The van der Waals surface area contributed by atoms with Gasteiger partial charge in [-0.3, -0.25) is 0 Å². The van der Waals surface area contributed by atoms with Crippen molar-refractivity contribution in [2.45, 2.75) is 32.3 Å². The quantitative estimate of drug-likeness (QED) is 0.843. The van der Waals surface area contributed by atoms with E-state index in [0.717, 1.165) is 25.9 Å². The summed E-state index contributed by atoms with van der Waals surface area (Å²) in [6, 6.07) is 8.33. The van der Waals surface area contributed by atoms with E-state index in [-0.39, 0.29) is 0 Å². The van der Waals surface area contributed by atoms with Gasteiger partial charge < -0.3 is 15.3 Å². The molecule has 3 nitrogen and oxygen atoms in total. The average Bonchev–Trinajstić information content (AvgIpc) is 2.52. The van der Waals surface area contributed by atoms with Crippen LogP contribution in [0.1, 0.15) is 26.7 Å². The van der Waals surface area contributed by atoms with Crippen molar-refractivity contribution in [3.8, 4) is 0 Å². The van der Waals surface area contributed by atoms with Crippen LogP contribution in [0.4, 0.5) is 11.4 Å². The van der Waals surface area contributed by atoms with Gasteiger partial charge in [-0.2, -0.15) is 0 Å². The topological polar surface area (TPSA) is 35.5 Å². The van der Waals surface area contributed by atoms with E-state index in [1.54, 1.807) is 0 Å². The predicted molar refractivity (Wildman–Crippen MR) is 72.7 cm³/mol. The van der Waals surface area contributed by atoms with Crippen LogP contribution in [-0.4, -0.2) is 30.3 Å². The lowest BCUT2D eigenvalue weighted by atomic mass is 10.0. The van der Waals surface area contributed by atoms with Crippen molar-refractivity contribution < 1.29 is 5.11 Å². The molecule has 0 radical (unpaired) electrons. The molecular weight excluding hydrogens is 212 g/mol. The Kier molecular flexibility index (Phi) is 3.57. The van der Waals surface area contributed by atoms with Gasteiger partial charge in [0.2, 0.25) is 0 Å². The molecule has 0 fully saturated rings. The van der Waals surface area contributed by atoms with Crippen LogP contribution in [-0.2, 0) is 0 Å². The number of benzene rings is 1. The summed E-state index contributed by atoms with van der Waals surface area (Å²) in [5.74, 6) is 0. The van der Waals surface area contributed by atoms with Crippen molar-refractivity contribution >= 4 is 11.4 Å². The molecule has 2 N–H and O–H groups in total. The number of aliphatic hydroxyl groups is 1. The first kappa shape index (κ1) is 12.2. The monoisotopic (exact) mass is 234 g/mol. The summed E-state index contributed by atoms with van der Waals surface area (Å²) in [5.41, 5.74) is 1.77. The van der Waals surface area contributed by atoms with E-state index in [9.17, 15) is 5.11 Å². The second-order valence-electron chi connectivity index (χ2n) is 5.07. The molecule has 0 spiro atoms. The van der Waals surface area contributed by atoms with Crippen LogP contribution in [0.5, 0.6) is 0 Å². The summed E-state index contributed by atoms with van der Waals surface area (Å²) < 4.78 is 0. The lowest BCUT2D eigenvalue weighted by molar-refractivity contribution is 0.0630. The van der Waals surface area contributed by atoms with Gasteiger partial charge in [0.1, 0.15) is 0 Å². The molecule has 1 aliphatic rings. The van der Waals surface area contributed by atoms with Gasteiger partial charge in [-0.15, -0.1) is 0 Å². The van der Waals surface area contributed by atoms with Gasteiger partial charge in [0, 0.05) is 19.6 Å². The number of rotatable bonds is 3. The van der Waals surface area contributed by atoms with Gasteiger partial charge in [-0.05, 0) is 31.9 Å². The molecule has 17 heavy (non-hydrogen) atoms. The Hall–Kier alpha value is -1.22. The molecule has 0 saturated heterocycles. The van der Waals surface area contributed by atoms with Crippen LogP contribution < -0.4 is 10.2 Å². The minimum atomic E-state index is -0.614. The number of para-hydroxylation sites is 2. The zero-order valence-corrected chi connectivity index (χ0v) is 10.7. The van der Waals surface area contributed by atoms with E-state index in [1.807, 2.05) is 19.9 Å². The number of hydrogen-bond acceptors (Lipinski definition) is 3. The van der Waals surface area contributed by atoms with Crippen LogP contribution >= 0.6 is 0 Å². The molecule has 1 aromatic carbocycles. The third-order valence-corrected chi connectivity index (χ3v) is 3.46. The molecule has 1 aromatic rings. The predicted octanol–water partition coefficient (Wildman–Crippen LogP) is 2.47. The molecule has 0 bridgehead atoms. The van der Waals surface area contributed by atoms with E-state index < -0.39 is 5.60 Å². The van der Waals surface area contributed by atoms with Crippen molar-refractivity contribution in [2.24, 2.45) is 0 Å². The first-order chi connectivity index (χ1) is 8.12. The van der Waals surface area contributed by atoms with E-state index >= 15 is 0 Å². The van der Waals surface area contributed by atoms with Crippen LogP contribution in [0.25, 0.3) is 0 Å². The minimum absolute atomic E-state index is 0.614. The maximum Gasteiger partial charge on any atom is 0.0791 e. The van der Waals surface area contributed by atoms with Gasteiger partial charge >= 0.3 is 0 Å². The van der Waals surface area contributed by atoms with Gasteiger partial charge in [0.15, 0.2) is 0 Å². The largest absolute Gasteiger partial charge is 0.388 e. The smallest absolute Gasteiger partial charge is 0.0791 e. The van der Waals surface area contributed by atoms with Crippen LogP contribution in [0.15, 0.2) is 24.3 Å². The molecular formula is C14H22N2O. The summed E-state index contributed by atoms with van der Waals surface area (Å²) >= 11 is 0. The normalized spacial score (nSPS) is 18.9. The van der Waals surface area contributed by atoms with Gasteiger partial charge in [0.25, 0.3) is 0 Å². The standard InChI is InChI=1S/C14H22N2O/c1-3-14(2,17)11-16-10-6-9-15-12-7-4-5-8-13(12)16/h4-5,7-8,15,17H,3,6,9-11H2,1-2H3. The molecule has 0 amide bonds.